The molecular weight excluding hydrogens is 328 g/mol. The van der Waals surface area contributed by atoms with Crippen molar-refractivity contribution in [2.24, 2.45) is 5.92 Å². The van der Waals surface area contributed by atoms with Crippen molar-refractivity contribution in [3.05, 3.63) is 72.6 Å². The molecule has 0 atom stereocenters. The highest BCUT2D eigenvalue weighted by atomic mass is 14.8. The smallest absolute Gasteiger partial charge is 0.116 e. The minimum atomic E-state index is 0.682. The van der Waals surface area contributed by atoms with Crippen molar-refractivity contribution in [2.75, 3.05) is 0 Å². The molecule has 0 saturated heterocycles. The van der Waals surface area contributed by atoms with E-state index >= 15 is 0 Å². The Morgan fingerprint density at radius 2 is 1.59 bits per heavy atom. The molecule has 1 aromatic heterocycles. The molecule has 0 radical (unpaired) electrons. The average molecular weight is 352 g/mol. The standard InChI is InChI=1S/C25H24N2/c1-17-9-11-18(12-10-17)20-13-14-23-24(15-20)26-16-27-25(23)22-8-4-6-19-5-2-3-7-21(19)22/h2-8,13-18H,9-12H2,1H3. The lowest BCUT2D eigenvalue weighted by molar-refractivity contribution is 0.348. The van der Waals surface area contributed by atoms with Gasteiger partial charge >= 0.3 is 0 Å². The van der Waals surface area contributed by atoms with Gasteiger partial charge in [-0.2, -0.15) is 0 Å². The molecule has 1 heterocycles. The molecule has 134 valence electrons. The molecule has 3 aromatic carbocycles. The van der Waals surface area contributed by atoms with Crippen LogP contribution >= 0.6 is 0 Å². The third-order valence-electron chi connectivity index (χ3n) is 6.19. The number of nitrogens with zero attached hydrogens (tertiary/aromatic N) is 2. The predicted molar refractivity (Wildman–Crippen MR) is 113 cm³/mol. The number of rotatable bonds is 2. The van der Waals surface area contributed by atoms with Crippen molar-refractivity contribution >= 4 is 21.7 Å². The topological polar surface area (TPSA) is 25.8 Å². The largest absolute Gasteiger partial charge is 0.236 e. The Morgan fingerprint density at radius 3 is 2.48 bits per heavy atom. The molecule has 1 fully saturated rings. The molecule has 4 aromatic rings. The van der Waals surface area contributed by atoms with Crippen LogP contribution in [0.5, 0.6) is 0 Å². The molecular formula is C25H24N2. The van der Waals surface area contributed by atoms with Crippen LogP contribution in [-0.4, -0.2) is 9.97 Å². The van der Waals surface area contributed by atoms with E-state index in [0.29, 0.717) is 5.92 Å². The maximum atomic E-state index is 4.67. The van der Waals surface area contributed by atoms with Gasteiger partial charge in [0, 0.05) is 10.9 Å². The maximum Gasteiger partial charge on any atom is 0.116 e. The summed E-state index contributed by atoms with van der Waals surface area (Å²) in [5, 5.41) is 3.63. The molecule has 27 heavy (non-hydrogen) atoms. The lowest BCUT2D eigenvalue weighted by Gasteiger charge is -2.26. The molecule has 1 saturated carbocycles. The van der Waals surface area contributed by atoms with Crippen LogP contribution in [0.3, 0.4) is 0 Å². The summed E-state index contributed by atoms with van der Waals surface area (Å²) < 4.78 is 0. The van der Waals surface area contributed by atoms with Crippen molar-refractivity contribution in [3.63, 3.8) is 0 Å². The first kappa shape index (κ1) is 16.4. The normalized spacial score (nSPS) is 20.2. The number of benzene rings is 3. The lowest BCUT2D eigenvalue weighted by atomic mass is 9.79. The van der Waals surface area contributed by atoms with E-state index in [-0.39, 0.29) is 0 Å². The molecule has 1 aliphatic rings. The first-order chi connectivity index (χ1) is 13.3. The summed E-state index contributed by atoms with van der Waals surface area (Å²) >= 11 is 0. The Kier molecular flexibility index (Phi) is 4.12. The maximum absolute atomic E-state index is 4.67. The van der Waals surface area contributed by atoms with E-state index in [1.54, 1.807) is 6.33 Å². The van der Waals surface area contributed by atoms with Crippen LogP contribution in [0.25, 0.3) is 32.9 Å². The highest BCUT2D eigenvalue weighted by Gasteiger charge is 2.20. The van der Waals surface area contributed by atoms with Gasteiger partial charge in [-0.15, -0.1) is 0 Å². The molecule has 0 bridgehead atoms. The molecule has 2 heteroatoms. The molecule has 2 nitrogen and oxygen atoms in total. The highest BCUT2D eigenvalue weighted by molar-refractivity contribution is 6.02. The Morgan fingerprint density at radius 1 is 0.778 bits per heavy atom. The fourth-order valence-corrected chi connectivity index (χ4v) is 4.57. The van der Waals surface area contributed by atoms with Gasteiger partial charge in [0.25, 0.3) is 0 Å². The SMILES string of the molecule is CC1CCC(c2ccc3c(-c4cccc5ccccc45)ncnc3c2)CC1. The zero-order chi connectivity index (χ0) is 18.2. The van der Waals surface area contributed by atoms with E-state index < -0.39 is 0 Å². The Labute approximate surface area is 160 Å². The van der Waals surface area contributed by atoms with Crippen molar-refractivity contribution in [2.45, 2.75) is 38.5 Å². The minimum absolute atomic E-state index is 0.682. The average Bonchev–Trinajstić information content (AvgIpc) is 2.73. The zero-order valence-corrected chi connectivity index (χ0v) is 15.7. The van der Waals surface area contributed by atoms with Crippen molar-refractivity contribution in [3.8, 4) is 11.3 Å². The van der Waals surface area contributed by atoms with Crippen molar-refractivity contribution in [1.82, 2.24) is 9.97 Å². The molecule has 5 rings (SSSR count). The van der Waals surface area contributed by atoms with E-state index in [0.717, 1.165) is 22.5 Å². The van der Waals surface area contributed by atoms with Gasteiger partial charge in [0.1, 0.15) is 6.33 Å². The summed E-state index contributed by atoms with van der Waals surface area (Å²) in [7, 11) is 0. The summed E-state index contributed by atoms with van der Waals surface area (Å²) in [6, 6.07) is 21.8. The second kappa shape index (κ2) is 6.77. The first-order valence-electron chi connectivity index (χ1n) is 10.0. The van der Waals surface area contributed by atoms with Crippen LogP contribution in [0, 0.1) is 5.92 Å². The van der Waals surface area contributed by atoms with Crippen molar-refractivity contribution < 1.29 is 0 Å². The zero-order valence-electron chi connectivity index (χ0n) is 15.7. The monoisotopic (exact) mass is 352 g/mol. The second-order valence-corrected chi connectivity index (χ2v) is 7.98. The van der Waals surface area contributed by atoms with Crippen LogP contribution < -0.4 is 0 Å². The Balaban J connectivity index is 1.62. The van der Waals surface area contributed by atoms with E-state index in [2.05, 4.69) is 77.6 Å². The quantitative estimate of drug-likeness (QED) is 0.399. The number of aromatic nitrogens is 2. The van der Waals surface area contributed by atoms with Crippen LogP contribution in [0.4, 0.5) is 0 Å². The van der Waals surface area contributed by atoms with Crippen LogP contribution in [-0.2, 0) is 0 Å². The third kappa shape index (κ3) is 2.99. The van der Waals surface area contributed by atoms with E-state index in [9.17, 15) is 0 Å². The van der Waals surface area contributed by atoms with Gasteiger partial charge in [0.15, 0.2) is 0 Å². The summed E-state index contributed by atoms with van der Waals surface area (Å²) in [5.74, 6) is 1.56. The molecule has 1 aliphatic carbocycles. The van der Waals surface area contributed by atoms with Crippen molar-refractivity contribution in [1.29, 1.82) is 0 Å². The van der Waals surface area contributed by atoms with Gasteiger partial charge in [0.05, 0.1) is 11.2 Å². The molecule has 0 unspecified atom stereocenters. The number of hydrogen-bond donors (Lipinski definition) is 0. The molecule has 0 spiro atoms. The van der Waals surface area contributed by atoms with Gasteiger partial charge in [-0.3, -0.25) is 0 Å². The summed E-state index contributed by atoms with van der Waals surface area (Å²) in [6.07, 6.45) is 7.00. The van der Waals surface area contributed by atoms with E-state index in [1.165, 1.54) is 47.6 Å². The van der Waals surface area contributed by atoms with Gasteiger partial charge < -0.3 is 0 Å². The minimum Gasteiger partial charge on any atom is -0.236 e. The van der Waals surface area contributed by atoms with Gasteiger partial charge in [-0.1, -0.05) is 74.4 Å². The van der Waals surface area contributed by atoms with E-state index in [1.807, 2.05) is 0 Å². The molecule has 0 amide bonds. The van der Waals surface area contributed by atoms with Crippen LogP contribution in [0.2, 0.25) is 0 Å². The molecule has 0 N–H and O–H groups in total. The fraction of sp³-hybridized carbons (Fsp3) is 0.280. The number of hydrogen-bond acceptors (Lipinski definition) is 2. The summed E-state index contributed by atoms with van der Waals surface area (Å²) in [4.78, 5) is 9.28. The van der Waals surface area contributed by atoms with Gasteiger partial charge in [-0.05, 0) is 47.1 Å². The Bertz CT molecular complexity index is 1100. The summed E-state index contributed by atoms with van der Waals surface area (Å²) in [5.41, 5.74) is 4.71. The fourth-order valence-electron chi connectivity index (χ4n) is 4.57. The Hall–Kier alpha value is -2.74. The van der Waals surface area contributed by atoms with Gasteiger partial charge in [-0.25, -0.2) is 9.97 Å². The third-order valence-corrected chi connectivity index (χ3v) is 6.19. The second-order valence-electron chi connectivity index (χ2n) is 7.98. The van der Waals surface area contributed by atoms with E-state index in [4.69, 9.17) is 0 Å². The molecule has 0 aliphatic heterocycles. The highest BCUT2D eigenvalue weighted by Crippen LogP contribution is 2.37. The predicted octanol–water partition coefficient (Wildman–Crippen LogP) is 6.74. The number of fused-ring (bicyclic) bond motifs is 2. The van der Waals surface area contributed by atoms with Crippen LogP contribution in [0.15, 0.2) is 67.0 Å². The summed E-state index contributed by atoms with van der Waals surface area (Å²) in [6.45, 7) is 2.38. The lowest BCUT2D eigenvalue weighted by Crippen LogP contribution is -2.10. The first-order valence-corrected chi connectivity index (χ1v) is 10.0. The van der Waals surface area contributed by atoms with Gasteiger partial charge in [0.2, 0.25) is 0 Å². The van der Waals surface area contributed by atoms with Crippen LogP contribution in [0.1, 0.15) is 44.1 Å².